The van der Waals surface area contributed by atoms with Crippen molar-refractivity contribution in [1.29, 1.82) is 0 Å². The number of rotatable bonds is 0. The minimum absolute atomic E-state index is 0. The van der Waals surface area contributed by atoms with Gasteiger partial charge in [0, 0.05) is 0 Å². The summed E-state index contributed by atoms with van der Waals surface area (Å²) in [6.45, 7) is 12.9. The monoisotopic (exact) mass is 416 g/mol. The molecule has 0 aromatic heterocycles. The Bertz CT molecular complexity index is 65.1. The fourth-order valence-corrected chi connectivity index (χ4v) is 0. The van der Waals surface area contributed by atoms with Gasteiger partial charge in [0.25, 0.3) is 0 Å². The predicted molar refractivity (Wildman–Crippen MR) is 60.5 cm³/mol. The van der Waals surface area contributed by atoms with Crippen LogP contribution in [0.2, 0.25) is 0 Å². The van der Waals surface area contributed by atoms with E-state index in [9.17, 15) is 20.4 Å². The van der Waals surface area contributed by atoms with Gasteiger partial charge < -0.3 is 20.4 Å². The normalized spacial score (nSPS) is 8.00. The van der Waals surface area contributed by atoms with Gasteiger partial charge in [0.2, 0.25) is 0 Å². The van der Waals surface area contributed by atoms with Gasteiger partial charge in [0.15, 0.2) is 0 Å². The molecular formula is C12H28O4Zr2. The van der Waals surface area contributed by atoms with Gasteiger partial charge in [-0.05, 0) is 0 Å². The average molecular weight is 419 g/mol. The van der Waals surface area contributed by atoms with Gasteiger partial charge in [-0.25, -0.2) is 0 Å². The molecule has 0 unspecified atom stereocenters. The molecule has 18 heavy (non-hydrogen) atoms. The average Bonchev–Trinajstić information content (AvgIpc) is 1.76. The third-order valence-electron chi connectivity index (χ3n) is 0. The quantitative estimate of drug-likeness (QED) is 0.505. The largest absolute Gasteiger partial charge is 2.00 e. The van der Waals surface area contributed by atoms with Crippen molar-refractivity contribution in [3.05, 3.63) is 0 Å². The first kappa shape index (κ1) is 36.7. The molecule has 0 aliphatic heterocycles. The molecule has 0 N–H and O–H groups in total. The SMILES string of the molecule is CC(C)[O-].CC(C)[O-].CC(C)[O-].CC(C)[O-].[Zr+2].[Zr+2]. The van der Waals surface area contributed by atoms with E-state index in [4.69, 9.17) is 0 Å². The summed E-state index contributed by atoms with van der Waals surface area (Å²) in [5.41, 5.74) is 0. The minimum Gasteiger partial charge on any atom is -0.852 e. The summed E-state index contributed by atoms with van der Waals surface area (Å²) in [7, 11) is 0. The van der Waals surface area contributed by atoms with Crippen LogP contribution in [0.4, 0.5) is 0 Å². The molecule has 0 saturated heterocycles. The van der Waals surface area contributed by atoms with Gasteiger partial charge in [-0.2, -0.15) is 0 Å². The molecule has 0 saturated carbocycles. The van der Waals surface area contributed by atoms with Crippen molar-refractivity contribution in [3.8, 4) is 0 Å². The minimum atomic E-state index is -0.417. The van der Waals surface area contributed by atoms with Crippen molar-refractivity contribution >= 4 is 0 Å². The van der Waals surface area contributed by atoms with Crippen LogP contribution in [0.25, 0.3) is 0 Å². The molecule has 0 spiro atoms. The Hall–Kier alpha value is 1.61. The van der Waals surface area contributed by atoms with Crippen LogP contribution in [-0.2, 0) is 52.4 Å². The van der Waals surface area contributed by atoms with Crippen LogP contribution < -0.4 is 20.4 Å². The molecule has 0 aliphatic carbocycles. The molecule has 0 amide bonds. The van der Waals surface area contributed by atoms with Gasteiger partial charge in [0.05, 0.1) is 0 Å². The zero-order chi connectivity index (χ0) is 14.3. The van der Waals surface area contributed by atoms with E-state index in [0.29, 0.717) is 0 Å². The fourth-order valence-electron chi connectivity index (χ4n) is 0. The Kier molecular flexibility index (Phi) is 63.5. The van der Waals surface area contributed by atoms with E-state index in [0.717, 1.165) is 0 Å². The van der Waals surface area contributed by atoms with Crippen LogP contribution in [0.3, 0.4) is 0 Å². The summed E-state index contributed by atoms with van der Waals surface area (Å²) in [5, 5.41) is 38.1. The van der Waals surface area contributed by atoms with Crippen molar-refractivity contribution in [3.63, 3.8) is 0 Å². The van der Waals surface area contributed by atoms with Crippen LogP contribution in [0.15, 0.2) is 0 Å². The molecule has 0 radical (unpaired) electrons. The van der Waals surface area contributed by atoms with Gasteiger partial charge in [-0.15, -0.1) is 24.4 Å². The Morgan fingerprint density at radius 1 is 0.389 bits per heavy atom. The molecule has 0 atom stereocenters. The third kappa shape index (κ3) is 1880. The number of hydrogen-bond acceptors (Lipinski definition) is 4. The van der Waals surface area contributed by atoms with E-state index >= 15 is 0 Å². The molecule has 4 nitrogen and oxygen atoms in total. The predicted octanol–water partition coefficient (Wildman–Crippen LogP) is -0.985. The molecule has 108 valence electrons. The molecular weight excluding hydrogens is 391 g/mol. The molecule has 0 rings (SSSR count). The summed E-state index contributed by atoms with van der Waals surface area (Å²) >= 11 is 0. The topological polar surface area (TPSA) is 92.2 Å². The van der Waals surface area contributed by atoms with Crippen LogP contribution in [0, 0.1) is 0 Å². The third-order valence-corrected chi connectivity index (χ3v) is 0. The number of hydrogen-bond donors (Lipinski definition) is 0. The van der Waals surface area contributed by atoms with Crippen molar-refractivity contribution in [2.24, 2.45) is 0 Å². The summed E-state index contributed by atoms with van der Waals surface area (Å²) in [6.07, 6.45) is -1.67. The van der Waals surface area contributed by atoms with Crippen molar-refractivity contribution in [2.75, 3.05) is 0 Å². The zero-order valence-corrected chi connectivity index (χ0v) is 17.9. The second kappa shape index (κ2) is 31.2. The summed E-state index contributed by atoms with van der Waals surface area (Å²) in [5.74, 6) is 0. The molecule has 0 aromatic rings. The van der Waals surface area contributed by atoms with Gasteiger partial charge in [0.1, 0.15) is 0 Å². The molecule has 0 heterocycles. The Balaban J connectivity index is -0.0000000257. The van der Waals surface area contributed by atoms with Crippen LogP contribution >= 0.6 is 0 Å². The summed E-state index contributed by atoms with van der Waals surface area (Å²) in [6, 6.07) is 0. The van der Waals surface area contributed by atoms with Gasteiger partial charge in [-0.3, -0.25) is 0 Å². The molecule has 0 bridgehead atoms. The Morgan fingerprint density at radius 3 is 0.389 bits per heavy atom. The fraction of sp³-hybridized carbons (Fsp3) is 1.00. The van der Waals surface area contributed by atoms with Crippen molar-refractivity contribution in [2.45, 2.75) is 79.8 Å². The maximum absolute atomic E-state index is 9.53. The molecule has 0 aromatic carbocycles. The van der Waals surface area contributed by atoms with Crippen LogP contribution in [0.1, 0.15) is 55.4 Å². The van der Waals surface area contributed by atoms with Crippen LogP contribution in [-0.4, -0.2) is 24.4 Å². The summed E-state index contributed by atoms with van der Waals surface area (Å²) < 4.78 is 0. The van der Waals surface area contributed by atoms with E-state index in [1.807, 2.05) is 0 Å². The van der Waals surface area contributed by atoms with E-state index in [2.05, 4.69) is 0 Å². The van der Waals surface area contributed by atoms with Crippen molar-refractivity contribution < 1.29 is 72.8 Å². The summed E-state index contributed by atoms with van der Waals surface area (Å²) in [4.78, 5) is 0. The first-order valence-electron chi connectivity index (χ1n) is 5.56. The maximum atomic E-state index is 9.53. The maximum Gasteiger partial charge on any atom is 2.00 e. The Morgan fingerprint density at radius 2 is 0.389 bits per heavy atom. The van der Waals surface area contributed by atoms with Crippen molar-refractivity contribution in [1.82, 2.24) is 0 Å². The second-order valence-corrected chi connectivity index (χ2v) is 4.20. The smallest absolute Gasteiger partial charge is 0.852 e. The standard InChI is InChI=1S/4C3H7O.2Zr/c4*1-3(2)4;;/h4*3H,1-2H3;;/q4*-1;2*+2. The van der Waals surface area contributed by atoms with Gasteiger partial charge in [-0.1, -0.05) is 55.4 Å². The van der Waals surface area contributed by atoms with E-state index in [1.54, 1.807) is 55.4 Å². The van der Waals surface area contributed by atoms with Gasteiger partial charge >= 0.3 is 52.4 Å². The van der Waals surface area contributed by atoms with E-state index in [-0.39, 0.29) is 52.4 Å². The zero-order valence-electron chi connectivity index (χ0n) is 12.9. The molecule has 0 aliphatic rings. The van der Waals surface area contributed by atoms with E-state index in [1.165, 1.54) is 0 Å². The second-order valence-electron chi connectivity index (χ2n) is 4.20. The molecule has 0 fully saturated rings. The first-order valence-corrected chi connectivity index (χ1v) is 5.56. The first-order chi connectivity index (χ1) is 6.93. The Labute approximate surface area is 151 Å². The molecule has 6 heteroatoms. The van der Waals surface area contributed by atoms with E-state index < -0.39 is 24.4 Å². The van der Waals surface area contributed by atoms with Crippen LogP contribution in [0.5, 0.6) is 0 Å².